The maximum Gasteiger partial charge on any atom is 0.303 e. The van der Waals surface area contributed by atoms with Crippen molar-refractivity contribution in [3.05, 3.63) is 42.1 Å². The fourth-order valence-corrected chi connectivity index (χ4v) is 2.09. The second kappa shape index (κ2) is 6.14. The number of rotatable bonds is 5. The molecule has 104 valence electrons. The van der Waals surface area contributed by atoms with Crippen LogP contribution in [0.5, 0.6) is 0 Å². The van der Waals surface area contributed by atoms with Crippen molar-refractivity contribution >= 4 is 11.8 Å². The topological polar surface area (TPSA) is 80.1 Å². The van der Waals surface area contributed by atoms with E-state index < -0.39 is 5.97 Å². The number of carbonyl (C=O) groups is 1. The first-order valence-corrected chi connectivity index (χ1v) is 6.52. The number of hydrogen-bond acceptors (Lipinski definition) is 3. The van der Waals surface area contributed by atoms with Gasteiger partial charge in [-0.1, -0.05) is 35.4 Å². The normalized spacial score (nSPS) is 10.4. The number of nitrogens with zero attached hydrogens (tertiary/aromatic N) is 2. The Hall–Kier alpha value is -2.43. The van der Waals surface area contributed by atoms with Crippen LogP contribution >= 0.6 is 0 Å². The Balaban J connectivity index is 2.23. The largest absolute Gasteiger partial charge is 0.481 e. The molecule has 0 amide bonds. The van der Waals surface area contributed by atoms with Crippen LogP contribution in [0.2, 0.25) is 0 Å². The minimum absolute atomic E-state index is 0.119. The van der Waals surface area contributed by atoms with Crippen molar-refractivity contribution in [2.24, 2.45) is 0 Å². The molecule has 0 aliphatic carbocycles. The van der Waals surface area contributed by atoms with Crippen LogP contribution in [0.4, 0.5) is 5.82 Å². The Labute approximate surface area is 117 Å². The van der Waals surface area contributed by atoms with E-state index in [1.165, 1.54) is 0 Å². The lowest BCUT2D eigenvalue weighted by molar-refractivity contribution is -0.741. The van der Waals surface area contributed by atoms with Crippen LogP contribution in [0.3, 0.4) is 0 Å². The molecular weight excluding hydrogens is 254 g/mol. The molecule has 0 radical (unpaired) electrons. The third kappa shape index (κ3) is 3.32. The summed E-state index contributed by atoms with van der Waals surface area (Å²) in [7, 11) is 0. The molecule has 2 aromatic rings. The summed E-state index contributed by atoms with van der Waals surface area (Å²) < 4.78 is 1.66. The standard InChI is InChI=1S/C15H17N3O2/c1-11-13(12-6-3-2-4-7-12)10-14(16)18(17-11)9-5-8-15(19)20/h2-4,6-7,10,16H,5,8-9H2,1H3,(H,19,20)/p+1. The Kier molecular flexibility index (Phi) is 4.30. The molecule has 0 saturated heterocycles. The number of aromatic nitrogens is 2. The second-order valence-electron chi connectivity index (χ2n) is 4.65. The highest BCUT2D eigenvalue weighted by molar-refractivity contribution is 5.67. The maximum atomic E-state index is 10.5. The van der Waals surface area contributed by atoms with Crippen molar-refractivity contribution in [2.45, 2.75) is 26.3 Å². The number of hydrogen-bond donors (Lipinski definition) is 2. The van der Waals surface area contributed by atoms with Gasteiger partial charge >= 0.3 is 5.97 Å². The molecule has 0 spiro atoms. The first-order chi connectivity index (χ1) is 9.58. The van der Waals surface area contributed by atoms with E-state index in [0.717, 1.165) is 16.8 Å². The van der Waals surface area contributed by atoms with Gasteiger partial charge < -0.3 is 5.11 Å². The number of anilines is 1. The summed E-state index contributed by atoms with van der Waals surface area (Å²) in [6, 6.07) is 11.8. The number of carboxylic acid groups (broad SMARTS) is 1. The first-order valence-electron chi connectivity index (χ1n) is 6.52. The molecule has 2 rings (SSSR count). The molecule has 1 aromatic carbocycles. The third-order valence-electron chi connectivity index (χ3n) is 3.10. The zero-order chi connectivity index (χ0) is 14.5. The summed E-state index contributed by atoms with van der Waals surface area (Å²) in [5.41, 5.74) is 8.94. The Bertz CT molecular complexity index is 612. The number of benzene rings is 1. The van der Waals surface area contributed by atoms with Crippen molar-refractivity contribution in [1.29, 1.82) is 0 Å². The molecule has 0 atom stereocenters. The zero-order valence-corrected chi connectivity index (χ0v) is 11.4. The van der Waals surface area contributed by atoms with E-state index >= 15 is 0 Å². The van der Waals surface area contributed by atoms with Gasteiger partial charge in [-0.15, -0.1) is 4.68 Å². The van der Waals surface area contributed by atoms with Gasteiger partial charge in [-0.25, -0.2) is 0 Å². The zero-order valence-electron chi connectivity index (χ0n) is 11.4. The quantitative estimate of drug-likeness (QED) is 0.813. The molecule has 0 fully saturated rings. The van der Waals surface area contributed by atoms with Crippen molar-refractivity contribution in [3.8, 4) is 11.1 Å². The number of aryl methyl sites for hydroxylation is 2. The molecule has 20 heavy (non-hydrogen) atoms. The molecule has 3 N–H and O–H groups in total. The van der Waals surface area contributed by atoms with Crippen LogP contribution in [0.15, 0.2) is 36.4 Å². The average molecular weight is 272 g/mol. The number of carboxylic acids is 1. The highest BCUT2D eigenvalue weighted by Gasteiger charge is 2.13. The van der Waals surface area contributed by atoms with Crippen molar-refractivity contribution in [2.75, 3.05) is 5.73 Å². The molecule has 5 nitrogen and oxygen atoms in total. The van der Waals surface area contributed by atoms with Gasteiger partial charge in [0, 0.05) is 18.1 Å². The van der Waals surface area contributed by atoms with Gasteiger partial charge in [0.2, 0.25) is 0 Å². The monoisotopic (exact) mass is 272 g/mol. The van der Waals surface area contributed by atoms with Crippen LogP contribution in [0.1, 0.15) is 18.5 Å². The molecular formula is C15H18N3O2+. The van der Waals surface area contributed by atoms with Crippen LogP contribution in [-0.4, -0.2) is 16.2 Å². The van der Waals surface area contributed by atoms with Gasteiger partial charge in [0.15, 0.2) is 0 Å². The molecule has 0 aliphatic heterocycles. The Morgan fingerprint density at radius 2 is 2.05 bits per heavy atom. The van der Waals surface area contributed by atoms with E-state index in [1.807, 2.05) is 43.3 Å². The Morgan fingerprint density at radius 1 is 1.35 bits per heavy atom. The minimum Gasteiger partial charge on any atom is -0.481 e. The Morgan fingerprint density at radius 3 is 2.70 bits per heavy atom. The van der Waals surface area contributed by atoms with Gasteiger partial charge in [-0.2, -0.15) is 0 Å². The smallest absolute Gasteiger partial charge is 0.303 e. The van der Waals surface area contributed by atoms with Crippen LogP contribution in [0, 0.1) is 6.92 Å². The highest BCUT2D eigenvalue weighted by Crippen LogP contribution is 2.21. The number of aliphatic carboxylic acids is 1. The molecule has 0 aliphatic rings. The second-order valence-corrected chi connectivity index (χ2v) is 4.65. The fraction of sp³-hybridized carbons (Fsp3) is 0.267. The average Bonchev–Trinajstić information content (AvgIpc) is 2.43. The van der Waals surface area contributed by atoms with E-state index in [0.29, 0.717) is 18.8 Å². The van der Waals surface area contributed by atoms with Crippen LogP contribution in [-0.2, 0) is 11.3 Å². The van der Waals surface area contributed by atoms with Gasteiger partial charge in [0.25, 0.3) is 5.82 Å². The lowest BCUT2D eigenvalue weighted by Gasteiger charge is -2.07. The molecule has 0 bridgehead atoms. The van der Waals surface area contributed by atoms with E-state index in [1.54, 1.807) is 4.68 Å². The van der Waals surface area contributed by atoms with Crippen LogP contribution in [0.25, 0.3) is 11.1 Å². The SMILES string of the molecule is Cc1n[n+](CCCC(=O)O)c(N)cc1-c1ccccc1. The first kappa shape index (κ1) is 14.0. The number of nitrogens with two attached hydrogens (primary N) is 1. The fourth-order valence-electron chi connectivity index (χ4n) is 2.09. The lowest BCUT2D eigenvalue weighted by Crippen LogP contribution is -2.42. The van der Waals surface area contributed by atoms with E-state index in [4.69, 9.17) is 10.8 Å². The molecule has 0 saturated carbocycles. The molecule has 1 aromatic heterocycles. The summed E-state index contributed by atoms with van der Waals surface area (Å²) in [4.78, 5) is 10.5. The predicted octanol–water partition coefficient (Wildman–Crippen LogP) is 1.79. The molecule has 1 heterocycles. The third-order valence-corrected chi connectivity index (χ3v) is 3.10. The van der Waals surface area contributed by atoms with Crippen LogP contribution < -0.4 is 10.4 Å². The van der Waals surface area contributed by atoms with Gasteiger partial charge in [0.1, 0.15) is 6.54 Å². The van der Waals surface area contributed by atoms with E-state index in [9.17, 15) is 4.79 Å². The lowest BCUT2D eigenvalue weighted by atomic mass is 10.1. The van der Waals surface area contributed by atoms with Crippen molar-refractivity contribution in [1.82, 2.24) is 5.10 Å². The van der Waals surface area contributed by atoms with Gasteiger partial charge in [-0.3, -0.25) is 10.5 Å². The summed E-state index contributed by atoms with van der Waals surface area (Å²) in [5.74, 6) is -0.262. The maximum absolute atomic E-state index is 10.5. The van der Waals surface area contributed by atoms with E-state index in [-0.39, 0.29) is 6.42 Å². The summed E-state index contributed by atoms with van der Waals surface area (Å²) in [6.07, 6.45) is 0.634. The van der Waals surface area contributed by atoms with Gasteiger partial charge in [0.05, 0.1) is 5.69 Å². The van der Waals surface area contributed by atoms with Crippen molar-refractivity contribution < 1.29 is 14.6 Å². The highest BCUT2D eigenvalue weighted by atomic mass is 16.4. The number of nitrogen functional groups attached to an aromatic ring is 1. The molecule has 0 unspecified atom stereocenters. The van der Waals surface area contributed by atoms with Gasteiger partial charge in [-0.05, 0) is 18.9 Å². The van der Waals surface area contributed by atoms with Crippen molar-refractivity contribution in [3.63, 3.8) is 0 Å². The summed E-state index contributed by atoms with van der Waals surface area (Å²) in [5, 5.41) is 13.1. The minimum atomic E-state index is -0.804. The van der Waals surface area contributed by atoms with E-state index in [2.05, 4.69) is 5.10 Å². The predicted molar refractivity (Wildman–Crippen MR) is 75.9 cm³/mol. The molecule has 5 heteroatoms. The summed E-state index contributed by atoms with van der Waals surface area (Å²) in [6.45, 7) is 2.43. The summed E-state index contributed by atoms with van der Waals surface area (Å²) >= 11 is 0.